The second-order valence-corrected chi connectivity index (χ2v) is 3.96. The normalized spacial score (nSPS) is 10.5. The molecule has 17 heavy (non-hydrogen) atoms. The molecule has 8 heteroatoms. The predicted octanol–water partition coefficient (Wildman–Crippen LogP) is 2.02. The first-order valence-electron chi connectivity index (χ1n) is 4.44. The van der Waals surface area contributed by atoms with Crippen LogP contribution in [0.5, 0.6) is 0 Å². The molecule has 1 heterocycles. The molecule has 0 amide bonds. The second-order valence-electron chi connectivity index (χ2n) is 3.16. The van der Waals surface area contributed by atoms with Gasteiger partial charge in [0.1, 0.15) is 0 Å². The molecule has 0 spiro atoms. The molecule has 0 aliphatic heterocycles. The van der Waals surface area contributed by atoms with E-state index in [0.717, 1.165) is 6.07 Å². The minimum atomic E-state index is -0.656. The van der Waals surface area contributed by atoms with Gasteiger partial charge in [-0.1, -0.05) is 0 Å². The number of rotatable bonds is 2. The highest BCUT2D eigenvalue weighted by atomic mass is 79.9. The van der Waals surface area contributed by atoms with Crippen LogP contribution in [0.1, 0.15) is 10.4 Å². The van der Waals surface area contributed by atoms with Crippen molar-refractivity contribution >= 4 is 38.5 Å². The molecule has 1 aromatic heterocycles. The molecule has 7 nitrogen and oxygen atoms in total. The smallest absolute Gasteiger partial charge is 0.339 e. The maximum absolute atomic E-state index is 11.5. The number of fused-ring (bicyclic) bond motifs is 1. The topological polar surface area (TPSA) is 98.1 Å². The Morgan fingerprint density at radius 2 is 2.35 bits per heavy atom. The lowest BCUT2D eigenvalue weighted by Crippen LogP contribution is -2.04. The average Bonchev–Trinajstić information content (AvgIpc) is 2.77. The van der Waals surface area contributed by atoms with Gasteiger partial charge in [0.25, 0.3) is 5.69 Å². The van der Waals surface area contributed by atoms with Crippen LogP contribution in [0.2, 0.25) is 0 Å². The van der Waals surface area contributed by atoms with Crippen LogP contribution in [0.3, 0.4) is 0 Å². The largest absolute Gasteiger partial charge is 0.465 e. The number of hydrogen-bond acceptors (Lipinski definition) is 5. The number of nitrogens with zero attached hydrogens (tertiary/aromatic N) is 2. The summed E-state index contributed by atoms with van der Waals surface area (Å²) in [4.78, 5) is 21.8. The Morgan fingerprint density at radius 3 is 2.94 bits per heavy atom. The predicted molar refractivity (Wildman–Crippen MR) is 61.8 cm³/mol. The fourth-order valence-electron chi connectivity index (χ4n) is 1.47. The fraction of sp³-hybridized carbons (Fsp3) is 0.111. The Balaban J connectivity index is 2.82. The van der Waals surface area contributed by atoms with Gasteiger partial charge in [0.05, 0.1) is 39.2 Å². The highest BCUT2D eigenvalue weighted by Gasteiger charge is 2.23. The molecule has 0 saturated carbocycles. The zero-order valence-corrected chi connectivity index (χ0v) is 10.1. The summed E-state index contributed by atoms with van der Waals surface area (Å²) in [6.07, 6.45) is 1.33. The molecule has 0 unspecified atom stereocenters. The van der Waals surface area contributed by atoms with Crippen molar-refractivity contribution in [2.75, 3.05) is 7.11 Å². The molecule has 0 aliphatic rings. The van der Waals surface area contributed by atoms with Crippen molar-refractivity contribution in [2.24, 2.45) is 0 Å². The van der Waals surface area contributed by atoms with Crippen molar-refractivity contribution in [1.29, 1.82) is 0 Å². The van der Waals surface area contributed by atoms with Gasteiger partial charge in [-0.15, -0.1) is 0 Å². The van der Waals surface area contributed by atoms with E-state index in [4.69, 9.17) is 0 Å². The van der Waals surface area contributed by atoms with E-state index < -0.39 is 10.9 Å². The van der Waals surface area contributed by atoms with E-state index in [1.165, 1.54) is 13.3 Å². The first-order valence-corrected chi connectivity index (χ1v) is 5.24. The standard InChI is InChI=1S/C9H6BrN3O4/c1-17-9(14)4-2-6(13(15)16)5-3-11-12-8(5)7(4)10/h2-3H,1H3,(H,11,12). The third-order valence-corrected chi connectivity index (χ3v) is 3.08. The Hall–Kier alpha value is -1.96. The summed E-state index contributed by atoms with van der Waals surface area (Å²) in [6.45, 7) is 0. The van der Waals surface area contributed by atoms with E-state index in [1.807, 2.05) is 0 Å². The maximum atomic E-state index is 11.5. The third kappa shape index (κ3) is 1.76. The number of benzene rings is 1. The lowest BCUT2D eigenvalue weighted by Gasteiger charge is -2.03. The number of ether oxygens (including phenoxy) is 1. The first-order chi connectivity index (χ1) is 8.06. The molecule has 2 rings (SSSR count). The van der Waals surface area contributed by atoms with Crippen LogP contribution in [-0.4, -0.2) is 28.2 Å². The summed E-state index contributed by atoms with van der Waals surface area (Å²) in [5.74, 6) is -0.656. The van der Waals surface area contributed by atoms with Gasteiger partial charge in [0.2, 0.25) is 0 Å². The Morgan fingerprint density at radius 1 is 1.65 bits per heavy atom. The van der Waals surface area contributed by atoms with Crippen molar-refractivity contribution in [2.45, 2.75) is 0 Å². The van der Waals surface area contributed by atoms with E-state index in [9.17, 15) is 14.9 Å². The number of nitro benzene ring substituents is 1. The minimum absolute atomic E-state index is 0.0796. The van der Waals surface area contributed by atoms with Crippen LogP contribution in [0.15, 0.2) is 16.7 Å². The average molecular weight is 300 g/mol. The number of non-ortho nitro benzene ring substituents is 1. The summed E-state index contributed by atoms with van der Waals surface area (Å²) in [5.41, 5.74) is 0.271. The van der Waals surface area contributed by atoms with Gasteiger partial charge in [0, 0.05) is 6.07 Å². The fourth-order valence-corrected chi connectivity index (χ4v) is 2.05. The van der Waals surface area contributed by atoms with Crippen LogP contribution >= 0.6 is 15.9 Å². The molecule has 88 valence electrons. The SMILES string of the molecule is COC(=O)c1cc([N+](=O)[O-])c2cn[nH]c2c1Br. The molecular weight excluding hydrogens is 294 g/mol. The number of carbonyl (C=O) groups is 1. The van der Waals surface area contributed by atoms with Gasteiger partial charge >= 0.3 is 5.97 Å². The quantitative estimate of drug-likeness (QED) is 0.519. The number of nitro groups is 1. The van der Waals surface area contributed by atoms with E-state index >= 15 is 0 Å². The number of esters is 1. The number of carbonyl (C=O) groups excluding carboxylic acids is 1. The molecule has 1 N–H and O–H groups in total. The van der Waals surface area contributed by atoms with Crippen LogP contribution in [0, 0.1) is 10.1 Å². The number of nitrogens with one attached hydrogen (secondary N) is 1. The van der Waals surface area contributed by atoms with Crippen LogP contribution in [0.25, 0.3) is 10.9 Å². The molecule has 0 atom stereocenters. The first kappa shape index (κ1) is 11.5. The molecule has 0 saturated heterocycles. The van der Waals surface area contributed by atoms with Crippen molar-refractivity contribution in [1.82, 2.24) is 10.2 Å². The second kappa shape index (κ2) is 4.13. The van der Waals surface area contributed by atoms with Crippen LogP contribution < -0.4 is 0 Å². The van der Waals surface area contributed by atoms with Crippen molar-refractivity contribution in [3.05, 3.63) is 32.4 Å². The number of H-pyrrole nitrogens is 1. The van der Waals surface area contributed by atoms with Gasteiger partial charge in [-0.25, -0.2) is 4.79 Å². The molecule has 0 fully saturated rings. The summed E-state index contributed by atoms with van der Waals surface area (Å²) in [6, 6.07) is 1.16. The van der Waals surface area contributed by atoms with Crippen LogP contribution in [-0.2, 0) is 4.74 Å². The lowest BCUT2D eigenvalue weighted by atomic mass is 10.1. The van der Waals surface area contributed by atoms with E-state index in [-0.39, 0.29) is 11.3 Å². The molecule has 0 aliphatic carbocycles. The summed E-state index contributed by atoms with van der Waals surface area (Å²) >= 11 is 3.19. The Bertz CT molecular complexity index is 622. The zero-order valence-electron chi connectivity index (χ0n) is 8.56. The minimum Gasteiger partial charge on any atom is -0.465 e. The van der Waals surface area contributed by atoms with E-state index in [2.05, 4.69) is 30.9 Å². The number of aromatic nitrogens is 2. The summed E-state index contributed by atoms with van der Waals surface area (Å²) < 4.78 is 4.94. The molecule has 0 bridgehead atoms. The lowest BCUT2D eigenvalue weighted by molar-refractivity contribution is -0.383. The van der Waals surface area contributed by atoms with Crippen molar-refractivity contribution < 1.29 is 14.5 Å². The number of halogens is 1. The zero-order chi connectivity index (χ0) is 12.6. The monoisotopic (exact) mass is 299 g/mol. The number of methoxy groups -OCH3 is 1. The molecule has 2 aromatic rings. The van der Waals surface area contributed by atoms with Gasteiger partial charge in [0.15, 0.2) is 0 Å². The van der Waals surface area contributed by atoms with Gasteiger partial charge in [-0.05, 0) is 15.9 Å². The van der Waals surface area contributed by atoms with Crippen molar-refractivity contribution in [3.8, 4) is 0 Å². The van der Waals surface area contributed by atoms with Gasteiger partial charge in [-0.2, -0.15) is 5.10 Å². The molecule has 0 radical (unpaired) electrons. The third-order valence-electron chi connectivity index (χ3n) is 2.25. The Labute approximate surface area is 103 Å². The van der Waals surface area contributed by atoms with Crippen LogP contribution in [0.4, 0.5) is 5.69 Å². The Kier molecular flexibility index (Phi) is 2.80. The van der Waals surface area contributed by atoms with Crippen molar-refractivity contribution in [3.63, 3.8) is 0 Å². The van der Waals surface area contributed by atoms with Gasteiger partial charge < -0.3 is 4.74 Å². The number of aromatic amines is 1. The van der Waals surface area contributed by atoms with Gasteiger partial charge in [-0.3, -0.25) is 15.2 Å². The molecular formula is C9H6BrN3O4. The summed E-state index contributed by atoms with van der Waals surface area (Å²) in [7, 11) is 1.21. The summed E-state index contributed by atoms with van der Waals surface area (Å²) in [5, 5.41) is 17.5. The van der Waals surface area contributed by atoms with E-state index in [1.54, 1.807) is 0 Å². The molecule has 1 aromatic carbocycles. The maximum Gasteiger partial charge on any atom is 0.339 e. The highest BCUT2D eigenvalue weighted by molar-refractivity contribution is 9.10. The van der Waals surface area contributed by atoms with E-state index in [0.29, 0.717) is 15.4 Å². The highest BCUT2D eigenvalue weighted by Crippen LogP contribution is 2.33. The number of hydrogen-bond donors (Lipinski definition) is 1.